The largest absolute Gasteiger partial charge is 0.368 e. The van der Waals surface area contributed by atoms with Gasteiger partial charge in [0, 0.05) is 23.6 Å². The van der Waals surface area contributed by atoms with Gasteiger partial charge in [-0.05, 0) is 23.3 Å². The van der Waals surface area contributed by atoms with Crippen LogP contribution in [0.4, 0.5) is 4.39 Å². The maximum absolute atomic E-state index is 13.9. The van der Waals surface area contributed by atoms with Crippen molar-refractivity contribution in [2.75, 3.05) is 0 Å². The molecule has 2 N–H and O–H groups in total. The zero-order chi connectivity index (χ0) is 17.3. The maximum atomic E-state index is 13.9. The number of primary amides is 1. The Labute approximate surface area is 144 Å². The van der Waals surface area contributed by atoms with Gasteiger partial charge in [-0.3, -0.25) is 9.59 Å². The Hall–Kier alpha value is -2.40. The predicted octanol–water partition coefficient (Wildman–Crippen LogP) is 2.46. The highest BCUT2D eigenvalue weighted by Crippen LogP contribution is 2.26. The molecule has 1 atom stereocenters. The van der Waals surface area contributed by atoms with Crippen LogP contribution in [0.25, 0.3) is 0 Å². The number of amides is 2. The van der Waals surface area contributed by atoms with Crippen molar-refractivity contribution in [3.8, 4) is 0 Å². The van der Waals surface area contributed by atoms with Crippen molar-refractivity contribution in [1.29, 1.82) is 0 Å². The number of rotatable bonds is 3. The summed E-state index contributed by atoms with van der Waals surface area (Å²) in [6, 6.07) is 11.1. The van der Waals surface area contributed by atoms with Gasteiger partial charge in [0.25, 0.3) is 0 Å². The van der Waals surface area contributed by atoms with Crippen molar-refractivity contribution in [3.63, 3.8) is 0 Å². The predicted molar refractivity (Wildman–Crippen MR) is 88.8 cm³/mol. The van der Waals surface area contributed by atoms with Crippen molar-refractivity contribution in [2.45, 2.75) is 25.4 Å². The van der Waals surface area contributed by atoms with Gasteiger partial charge in [-0.25, -0.2) is 4.39 Å². The molecule has 124 valence electrons. The van der Waals surface area contributed by atoms with Crippen LogP contribution in [0, 0.1) is 5.82 Å². The highest BCUT2D eigenvalue weighted by molar-refractivity contribution is 6.31. The Morgan fingerprint density at radius 1 is 1.17 bits per heavy atom. The van der Waals surface area contributed by atoms with Gasteiger partial charge in [0.1, 0.15) is 11.9 Å². The molecule has 4 nitrogen and oxygen atoms in total. The van der Waals surface area contributed by atoms with Gasteiger partial charge in [-0.15, -0.1) is 0 Å². The fourth-order valence-corrected chi connectivity index (χ4v) is 3.22. The van der Waals surface area contributed by atoms with Crippen LogP contribution >= 0.6 is 11.6 Å². The third-order valence-corrected chi connectivity index (χ3v) is 4.64. The van der Waals surface area contributed by atoms with E-state index in [0.29, 0.717) is 6.42 Å². The molecule has 0 aromatic heterocycles. The normalized spacial score (nSPS) is 16.6. The molecule has 2 amide bonds. The van der Waals surface area contributed by atoms with E-state index in [4.69, 9.17) is 17.3 Å². The molecule has 6 heteroatoms. The fourth-order valence-electron chi connectivity index (χ4n) is 2.99. The summed E-state index contributed by atoms with van der Waals surface area (Å²) in [6.45, 7) is 0.273. The van der Waals surface area contributed by atoms with Crippen molar-refractivity contribution in [1.82, 2.24) is 4.90 Å². The molecule has 0 spiro atoms. The van der Waals surface area contributed by atoms with Crippen molar-refractivity contribution in [3.05, 3.63) is 70.0 Å². The van der Waals surface area contributed by atoms with Crippen LogP contribution in [-0.4, -0.2) is 22.8 Å². The van der Waals surface area contributed by atoms with E-state index < -0.39 is 17.8 Å². The third-order valence-electron chi connectivity index (χ3n) is 4.29. The minimum absolute atomic E-state index is 0.131. The monoisotopic (exact) mass is 346 g/mol. The average Bonchev–Trinajstić information content (AvgIpc) is 2.56. The molecule has 1 aliphatic rings. The molecule has 0 saturated heterocycles. The van der Waals surface area contributed by atoms with E-state index in [1.165, 1.54) is 23.1 Å². The third kappa shape index (κ3) is 3.12. The Morgan fingerprint density at radius 3 is 2.54 bits per heavy atom. The smallest absolute Gasteiger partial charge is 0.240 e. The van der Waals surface area contributed by atoms with Crippen molar-refractivity contribution in [2.24, 2.45) is 5.73 Å². The van der Waals surface area contributed by atoms with E-state index in [9.17, 15) is 14.0 Å². The summed E-state index contributed by atoms with van der Waals surface area (Å²) in [4.78, 5) is 25.9. The van der Waals surface area contributed by atoms with Gasteiger partial charge in [-0.1, -0.05) is 41.9 Å². The van der Waals surface area contributed by atoms with E-state index >= 15 is 0 Å². The van der Waals surface area contributed by atoms with Gasteiger partial charge in [0.15, 0.2) is 0 Å². The number of nitrogens with zero attached hydrogens (tertiary/aromatic N) is 1. The molecule has 0 bridgehead atoms. The van der Waals surface area contributed by atoms with Gasteiger partial charge in [-0.2, -0.15) is 0 Å². The molecule has 24 heavy (non-hydrogen) atoms. The molecule has 2 aromatic carbocycles. The Kier molecular flexibility index (Phi) is 4.53. The van der Waals surface area contributed by atoms with Crippen LogP contribution in [0.3, 0.4) is 0 Å². The number of hydrogen-bond acceptors (Lipinski definition) is 2. The Bertz CT molecular complexity index is 789. The van der Waals surface area contributed by atoms with Crippen LogP contribution in [0.2, 0.25) is 5.02 Å². The second-order valence-electron chi connectivity index (χ2n) is 5.79. The Balaban J connectivity index is 1.89. The SMILES string of the molecule is NC(=O)C1Cc2ccccc2CN1C(=O)Cc1c(F)cccc1Cl. The molecule has 1 aliphatic heterocycles. The summed E-state index contributed by atoms with van der Waals surface area (Å²) in [5.74, 6) is -1.48. The van der Waals surface area contributed by atoms with E-state index in [0.717, 1.165) is 11.1 Å². The van der Waals surface area contributed by atoms with E-state index in [-0.39, 0.29) is 29.5 Å². The van der Waals surface area contributed by atoms with Gasteiger partial charge >= 0.3 is 0 Å². The lowest BCUT2D eigenvalue weighted by Crippen LogP contribution is -2.51. The average molecular weight is 347 g/mol. The number of benzene rings is 2. The Morgan fingerprint density at radius 2 is 1.88 bits per heavy atom. The van der Waals surface area contributed by atoms with Gasteiger partial charge in [0.2, 0.25) is 11.8 Å². The fraction of sp³-hybridized carbons (Fsp3) is 0.222. The number of carbonyl (C=O) groups excluding carboxylic acids is 2. The van der Waals surface area contributed by atoms with E-state index in [1.807, 2.05) is 24.3 Å². The summed E-state index contributed by atoms with van der Waals surface area (Å²) < 4.78 is 13.9. The number of nitrogens with two attached hydrogens (primary N) is 1. The molecule has 2 aromatic rings. The first-order chi connectivity index (χ1) is 11.5. The second-order valence-corrected chi connectivity index (χ2v) is 6.20. The molecule has 0 fully saturated rings. The highest BCUT2D eigenvalue weighted by Gasteiger charge is 2.33. The van der Waals surface area contributed by atoms with Crippen LogP contribution in [0.15, 0.2) is 42.5 Å². The molecule has 0 radical (unpaired) electrons. The number of fused-ring (bicyclic) bond motifs is 1. The minimum Gasteiger partial charge on any atom is -0.368 e. The molecule has 1 unspecified atom stereocenters. The summed E-state index contributed by atoms with van der Waals surface area (Å²) in [7, 11) is 0. The summed E-state index contributed by atoms with van der Waals surface area (Å²) in [5, 5.41) is 0.191. The summed E-state index contributed by atoms with van der Waals surface area (Å²) in [6.07, 6.45) is 0.152. The lowest BCUT2D eigenvalue weighted by Gasteiger charge is -2.35. The lowest BCUT2D eigenvalue weighted by molar-refractivity contribution is -0.140. The lowest BCUT2D eigenvalue weighted by atomic mass is 9.93. The number of hydrogen-bond donors (Lipinski definition) is 1. The molecular formula is C18H16ClFN2O2. The number of carbonyl (C=O) groups is 2. The molecule has 0 aliphatic carbocycles. The molecule has 3 rings (SSSR count). The summed E-state index contributed by atoms with van der Waals surface area (Å²) >= 11 is 5.99. The van der Waals surface area contributed by atoms with Crippen molar-refractivity contribution < 1.29 is 14.0 Å². The first-order valence-corrected chi connectivity index (χ1v) is 7.93. The zero-order valence-electron chi connectivity index (χ0n) is 12.8. The van der Waals surface area contributed by atoms with E-state index in [1.54, 1.807) is 0 Å². The molecule has 1 heterocycles. The standard InChI is InChI=1S/C18H16ClFN2O2/c19-14-6-3-7-15(20)13(14)9-17(23)22-10-12-5-2-1-4-11(12)8-16(22)18(21)24/h1-7,16H,8-10H2,(H2,21,24). The first-order valence-electron chi connectivity index (χ1n) is 7.56. The molecule has 0 saturated carbocycles. The quantitative estimate of drug-likeness (QED) is 0.928. The van der Waals surface area contributed by atoms with Gasteiger partial charge in [0.05, 0.1) is 6.42 Å². The topological polar surface area (TPSA) is 63.4 Å². The second kappa shape index (κ2) is 6.61. The highest BCUT2D eigenvalue weighted by atomic mass is 35.5. The van der Waals surface area contributed by atoms with Crippen LogP contribution in [-0.2, 0) is 29.0 Å². The van der Waals surface area contributed by atoms with Crippen LogP contribution in [0.1, 0.15) is 16.7 Å². The van der Waals surface area contributed by atoms with Crippen molar-refractivity contribution >= 4 is 23.4 Å². The molecular weight excluding hydrogens is 331 g/mol. The minimum atomic E-state index is -0.738. The maximum Gasteiger partial charge on any atom is 0.240 e. The summed E-state index contributed by atoms with van der Waals surface area (Å²) in [5.41, 5.74) is 7.56. The van der Waals surface area contributed by atoms with Gasteiger partial charge < -0.3 is 10.6 Å². The van der Waals surface area contributed by atoms with E-state index in [2.05, 4.69) is 0 Å². The zero-order valence-corrected chi connectivity index (χ0v) is 13.6. The first kappa shape index (κ1) is 16.5. The van der Waals surface area contributed by atoms with Crippen LogP contribution in [0.5, 0.6) is 0 Å². The van der Waals surface area contributed by atoms with Crippen LogP contribution < -0.4 is 5.73 Å². The number of halogens is 2.